The number of hydrogen-bond acceptors (Lipinski definition) is 3. The quantitative estimate of drug-likeness (QED) is 0.742. The van der Waals surface area contributed by atoms with Crippen LogP contribution in [0, 0.1) is 0 Å². The molecular formula is C18H37N3. The third-order valence-electron chi connectivity index (χ3n) is 5.26. The molecule has 2 aliphatic heterocycles. The van der Waals surface area contributed by atoms with E-state index < -0.39 is 0 Å². The van der Waals surface area contributed by atoms with E-state index in [-0.39, 0.29) is 0 Å². The predicted molar refractivity (Wildman–Crippen MR) is 91.9 cm³/mol. The van der Waals surface area contributed by atoms with E-state index in [0.29, 0.717) is 6.04 Å². The van der Waals surface area contributed by atoms with Gasteiger partial charge in [-0.15, -0.1) is 0 Å². The van der Waals surface area contributed by atoms with Gasteiger partial charge in [-0.2, -0.15) is 0 Å². The number of hydrogen-bond donors (Lipinski definition) is 1. The van der Waals surface area contributed by atoms with Crippen molar-refractivity contribution < 1.29 is 0 Å². The molecule has 0 aliphatic carbocycles. The molecule has 2 saturated heterocycles. The molecule has 2 heterocycles. The minimum atomic E-state index is 0.710. The lowest BCUT2D eigenvalue weighted by atomic mass is 9.99. The van der Waals surface area contributed by atoms with E-state index in [0.717, 1.165) is 6.04 Å². The monoisotopic (exact) mass is 295 g/mol. The summed E-state index contributed by atoms with van der Waals surface area (Å²) in [4.78, 5) is 5.49. The number of likely N-dealkylation sites (tertiary alicyclic amines) is 2. The molecule has 0 amide bonds. The van der Waals surface area contributed by atoms with Crippen molar-refractivity contribution in [2.24, 2.45) is 0 Å². The van der Waals surface area contributed by atoms with E-state index in [2.05, 4.69) is 29.0 Å². The molecule has 0 bridgehead atoms. The minimum absolute atomic E-state index is 0.710. The van der Waals surface area contributed by atoms with Crippen molar-refractivity contribution in [3.05, 3.63) is 0 Å². The maximum atomic E-state index is 3.74. The molecule has 3 heteroatoms. The van der Waals surface area contributed by atoms with Crippen LogP contribution in [0.4, 0.5) is 0 Å². The molecule has 1 N–H and O–H groups in total. The zero-order chi connectivity index (χ0) is 14.9. The molecule has 0 aromatic heterocycles. The van der Waals surface area contributed by atoms with Crippen LogP contribution in [0.1, 0.15) is 65.2 Å². The molecule has 0 saturated carbocycles. The van der Waals surface area contributed by atoms with Crippen LogP contribution in [-0.2, 0) is 0 Å². The molecule has 1 unspecified atom stereocenters. The number of rotatable bonds is 8. The van der Waals surface area contributed by atoms with Crippen molar-refractivity contribution in [2.45, 2.75) is 77.3 Å². The zero-order valence-corrected chi connectivity index (χ0v) is 14.4. The molecule has 0 aromatic carbocycles. The van der Waals surface area contributed by atoms with Gasteiger partial charge < -0.3 is 15.1 Å². The Morgan fingerprint density at radius 2 is 1.67 bits per heavy atom. The Labute approximate surface area is 132 Å². The maximum absolute atomic E-state index is 3.74. The van der Waals surface area contributed by atoms with Crippen molar-refractivity contribution in [3.63, 3.8) is 0 Å². The Hall–Kier alpha value is -0.120. The normalized spacial score (nSPS) is 24.3. The van der Waals surface area contributed by atoms with Crippen molar-refractivity contribution in [3.8, 4) is 0 Å². The van der Waals surface area contributed by atoms with E-state index in [1.54, 1.807) is 0 Å². The van der Waals surface area contributed by atoms with Gasteiger partial charge in [0.15, 0.2) is 0 Å². The Kier molecular flexibility index (Phi) is 8.05. The van der Waals surface area contributed by atoms with Gasteiger partial charge in [-0.3, -0.25) is 0 Å². The van der Waals surface area contributed by atoms with Crippen LogP contribution in [0.3, 0.4) is 0 Å². The minimum Gasteiger partial charge on any atom is -0.313 e. The highest BCUT2D eigenvalue weighted by atomic mass is 15.2. The fraction of sp³-hybridized carbons (Fsp3) is 1.00. The second-order valence-electron chi connectivity index (χ2n) is 7.07. The van der Waals surface area contributed by atoms with E-state index in [1.165, 1.54) is 90.6 Å². The molecule has 1 atom stereocenters. The van der Waals surface area contributed by atoms with Crippen molar-refractivity contribution in [1.29, 1.82) is 0 Å². The van der Waals surface area contributed by atoms with Gasteiger partial charge in [0.1, 0.15) is 0 Å². The Balaban J connectivity index is 1.69. The number of nitrogens with zero attached hydrogens (tertiary/aromatic N) is 2. The first-order valence-electron chi connectivity index (χ1n) is 9.53. The summed E-state index contributed by atoms with van der Waals surface area (Å²) in [6, 6.07) is 1.59. The number of nitrogens with one attached hydrogen (secondary N) is 1. The van der Waals surface area contributed by atoms with Crippen LogP contribution >= 0.6 is 0 Å². The topological polar surface area (TPSA) is 18.5 Å². The summed E-state index contributed by atoms with van der Waals surface area (Å²) < 4.78 is 0. The van der Waals surface area contributed by atoms with Gasteiger partial charge in [-0.1, -0.05) is 26.7 Å². The molecule has 124 valence electrons. The molecule has 3 nitrogen and oxygen atoms in total. The second-order valence-corrected chi connectivity index (χ2v) is 7.07. The smallest absolute Gasteiger partial charge is 0.0194 e. The van der Waals surface area contributed by atoms with Gasteiger partial charge in [0, 0.05) is 18.6 Å². The first-order chi connectivity index (χ1) is 10.3. The Morgan fingerprint density at radius 1 is 0.952 bits per heavy atom. The summed E-state index contributed by atoms with van der Waals surface area (Å²) in [5, 5.41) is 3.74. The molecule has 2 rings (SSSR count). The Morgan fingerprint density at radius 3 is 2.29 bits per heavy atom. The summed E-state index contributed by atoms with van der Waals surface area (Å²) in [7, 11) is 0. The van der Waals surface area contributed by atoms with Crippen LogP contribution in [-0.4, -0.2) is 61.2 Å². The molecule has 0 aromatic rings. The van der Waals surface area contributed by atoms with Crippen LogP contribution in [0.5, 0.6) is 0 Å². The van der Waals surface area contributed by atoms with Gasteiger partial charge in [-0.25, -0.2) is 0 Å². The average molecular weight is 296 g/mol. The SMILES string of the molecule is CCCNC(CCC)CN1CCC(N2CCCCC2)CC1. The summed E-state index contributed by atoms with van der Waals surface area (Å²) >= 11 is 0. The maximum Gasteiger partial charge on any atom is 0.0194 e. The van der Waals surface area contributed by atoms with Gasteiger partial charge >= 0.3 is 0 Å². The lowest BCUT2D eigenvalue weighted by molar-refractivity contribution is 0.0875. The van der Waals surface area contributed by atoms with Gasteiger partial charge in [0.25, 0.3) is 0 Å². The number of piperidine rings is 2. The predicted octanol–water partition coefficient (Wildman–Crippen LogP) is 3.11. The molecule has 0 radical (unpaired) electrons. The molecule has 2 fully saturated rings. The lowest BCUT2D eigenvalue weighted by Gasteiger charge is -2.41. The first kappa shape index (κ1) is 17.2. The third kappa shape index (κ3) is 5.88. The van der Waals surface area contributed by atoms with Gasteiger partial charge in [-0.05, 0) is 71.2 Å². The summed E-state index contributed by atoms with van der Waals surface area (Å²) in [6.07, 6.45) is 11.0. The zero-order valence-electron chi connectivity index (χ0n) is 14.4. The van der Waals surface area contributed by atoms with Crippen molar-refractivity contribution in [1.82, 2.24) is 15.1 Å². The van der Waals surface area contributed by atoms with Crippen LogP contribution in [0.25, 0.3) is 0 Å². The highest BCUT2D eigenvalue weighted by Gasteiger charge is 2.26. The molecule has 2 aliphatic rings. The van der Waals surface area contributed by atoms with E-state index in [1.807, 2.05) is 0 Å². The summed E-state index contributed by atoms with van der Waals surface area (Å²) in [6.45, 7) is 12.4. The van der Waals surface area contributed by atoms with Crippen LogP contribution in [0.2, 0.25) is 0 Å². The molecule has 0 spiro atoms. The standard InChI is InChI=1S/C18H37N3/c1-3-8-17(19-11-4-2)16-20-14-9-18(10-15-20)21-12-6-5-7-13-21/h17-19H,3-16H2,1-2H3. The summed E-state index contributed by atoms with van der Waals surface area (Å²) in [5.74, 6) is 0. The highest BCUT2D eigenvalue weighted by Crippen LogP contribution is 2.21. The van der Waals surface area contributed by atoms with Gasteiger partial charge in [0.05, 0.1) is 0 Å². The Bertz CT molecular complexity index is 255. The van der Waals surface area contributed by atoms with E-state index >= 15 is 0 Å². The van der Waals surface area contributed by atoms with Gasteiger partial charge in [0.2, 0.25) is 0 Å². The first-order valence-corrected chi connectivity index (χ1v) is 9.53. The largest absolute Gasteiger partial charge is 0.313 e. The summed E-state index contributed by atoms with van der Waals surface area (Å²) in [5.41, 5.74) is 0. The van der Waals surface area contributed by atoms with Crippen LogP contribution < -0.4 is 5.32 Å². The second kappa shape index (κ2) is 9.81. The fourth-order valence-corrected chi connectivity index (χ4v) is 4.02. The van der Waals surface area contributed by atoms with Crippen molar-refractivity contribution in [2.75, 3.05) is 39.3 Å². The third-order valence-corrected chi connectivity index (χ3v) is 5.26. The van der Waals surface area contributed by atoms with Crippen molar-refractivity contribution >= 4 is 0 Å². The van der Waals surface area contributed by atoms with Crippen LogP contribution in [0.15, 0.2) is 0 Å². The molecular weight excluding hydrogens is 258 g/mol. The van der Waals surface area contributed by atoms with E-state index in [4.69, 9.17) is 0 Å². The average Bonchev–Trinajstić information content (AvgIpc) is 2.54. The lowest BCUT2D eigenvalue weighted by Crippen LogP contribution is -2.49. The molecule has 21 heavy (non-hydrogen) atoms. The fourth-order valence-electron chi connectivity index (χ4n) is 4.02. The highest BCUT2D eigenvalue weighted by molar-refractivity contribution is 4.83. The van der Waals surface area contributed by atoms with E-state index in [9.17, 15) is 0 Å².